The molecule has 0 aromatic heterocycles. The quantitative estimate of drug-likeness (QED) is 0.122. The van der Waals surface area contributed by atoms with Crippen LogP contribution in [0.1, 0.15) is 0 Å². The second-order valence-corrected chi connectivity index (χ2v) is 44.7. The van der Waals surface area contributed by atoms with Gasteiger partial charge in [-0.05, 0) is 159 Å². The Morgan fingerprint density at radius 3 is 0.854 bits per heavy atom. The second kappa shape index (κ2) is 21.4. The summed E-state index contributed by atoms with van der Waals surface area (Å²) in [4.78, 5) is 7.44. The second-order valence-electron chi connectivity index (χ2n) is 30.2. The molecular weight excluding hydrogens is 1350 g/mol. The molecule has 0 amide bonds. The van der Waals surface area contributed by atoms with E-state index >= 15 is 0 Å². The molecule has 0 atom stereocenters. The van der Waals surface area contributed by atoms with Gasteiger partial charge in [-0.3, -0.25) is 8.61 Å². The zero-order valence-corrected chi connectivity index (χ0v) is 62.8. The lowest BCUT2D eigenvalue weighted by Crippen LogP contribution is -2.64. The van der Waals surface area contributed by atoms with Crippen LogP contribution in [-0.4, -0.2) is 56.9 Å². The van der Waals surface area contributed by atoms with Crippen LogP contribution in [0.3, 0.4) is 0 Å². The first-order valence-corrected chi connectivity index (χ1v) is 47.1. The topological polar surface area (TPSA) is 53.1 Å². The van der Waals surface area contributed by atoms with E-state index in [1.807, 2.05) is 0 Å². The average molecular weight is 1410 g/mol. The van der Waals surface area contributed by atoms with E-state index in [0.29, 0.717) is 0 Å². The molecule has 0 aliphatic carbocycles. The average Bonchev–Trinajstić information content (AvgIpc) is 0.699. The van der Waals surface area contributed by atoms with Gasteiger partial charge in [-0.2, -0.15) is 0 Å². The van der Waals surface area contributed by atoms with Crippen LogP contribution in [0.25, 0.3) is 0 Å². The molecule has 0 spiro atoms. The minimum absolute atomic E-state index is 0.169. The number of para-hydroxylation sites is 8. The molecule has 0 saturated carbocycles. The summed E-state index contributed by atoms with van der Waals surface area (Å²) in [5.74, 6) is 6.67. The van der Waals surface area contributed by atoms with Crippen LogP contribution in [0.15, 0.2) is 255 Å². The van der Waals surface area contributed by atoms with Crippen molar-refractivity contribution in [3.05, 3.63) is 255 Å². The van der Waals surface area contributed by atoms with E-state index in [1.165, 1.54) is 76.2 Å². The van der Waals surface area contributed by atoms with E-state index in [0.717, 1.165) is 124 Å². The van der Waals surface area contributed by atoms with Gasteiger partial charge in [-0.1, -0.05) is 197 Å². The van der Waals surface area contributed by atoms with Gasteiger partial charge in [0.2, 0.25) is 0 Å². The Morgan fingerprint density at radius 1 is 0.243 bits per heavy atom. The molecule has 13 aromatic carbocycles. The lowest BCUT2D eigenvalue weighted by Gasteiger charge is -2.44. The summed E-state index contributed by atoms with van der Waals surface area (Å²) in [6, 6.07) is 95.5. The van der Waals surface area contributed by atoms with Crippen LogP contribution >= 0.6 is 23.9 Å². The van der Waals surface area contributed by atoms with Crippen molar-refractivity contribution in [3.8, 4) is 46.0 Å². The van der Waals surface area contributed by atoms with Crippen LogP contribution < -0.4 is 123 Å². The van der Waals surface area contributed by atoms with Gasteiger partial charge in [0.15, 0.2) is 0 Å². The lowest BCUT2D eigenvalue weighted by molar-refractivity contribution is 0.465. The summed E-state index contributed by atoms with van der Waals surface area (Å²) in [7, 11) is -6.32. The minimum atomic E-state index is -2.15. The molecule has 0 radical (unpaired) electrons. The van der Waals surface area contributed by atoms with Crippen LogP contribution in [-0.2, 0) is 0 Å². The molecular formula is C86H66B3N5O4S2Si3. The summed E-state index contributed by atoms with van der Waals surface area (Å²) in [5, 5.41) is 8.46. The van der Waals surface area contributed by atoms with Gasteiger partial charge in [0.1, 0.15) is 70.2 Å². The van der Waals surface area contributed by atoms with E-state index in [4.69, 9.17) is 18.9 Å². The summed E-state index contributed by atoms with van der Waals surface area (Å²) in [6.07, 6.45) is 4.42. The molecule has 9 aliphatic rings. The number of anilines is 13. The Morgan fingerprint density at radius 2 is 0.515 bits per heavy atom. The van der Waals surface area contributed by atoms with Crippen molar-refractivity contribution >= 4 is 222 Å². The molecule has 0 bridgehead atoms. The third-order valence-corrected chi connectivity index (χ3v) is 36.1. The monoisotopic (exact) mass is 1410 g/mol. The maximum absolute atomic E-state index is 7.85. The third kappa shape index (κ3) is 8.09. The number of fused-ring (bicyclic) bond motifs is 18. The van der Waals surface area contributed by atoms with Gasteiger partial charge in [0.25, 0.3) is 20.1 Å². The molecule has 22 rings (SSSR count). The van der Waals surface area contributed by atoms with E-state index in [1.54, 1.807) is 23.9 Å². The molecule has 0 fully saturated rings. The number of ether oxygens (including phenoxy) is 4. The Hall–Kier alpha value is -10.4. The van der Waals surface area contributed by atoms with Crippen LogP contribution in [0.2, 0.25) is 39.3 Å². The maximum Gasteiger partial charge on any atom is 0.260 e. The van der Waals surface area contributed by atoms with Crippen molar-refractivity contribution < 1.29 is 18.9 Å². The van der Waals surface area contributed by atoms with Gasteiger partial charge in [0.05, 0.1) is 39.8 Å². The van der Waals surface area contributed by atoms with Crippen molar-refractivity contribution in [2.75, 3.05) is 35.8 Å². The summed E-state index contributed by atoms with van der Waals surface area (Å²) in [6.45, 7) is 14.3. The highest BCUT2D eigenvalue weighted by Gasteiger charge is 2.51. The largest absolute Gasteiger partial charge is 0.458 e. The van der Waals surface area contributed by atoms with Gasteiger partial charge in [-0.15, -0.1) is 0 Å². The molecule has 0 saturated heterocycles. The van der Waals surface area contributed by atoms with E-state index < -0.39 is 24.2 Å². The smallest absolute Gasteiger partial charge is 0.260 e. The number of hydrogen-bond acceptors (Lipinski definition) is 11. The molecule has 13 aromatic rings. The predicted molar refractivity (Wildman–Crippen MR) is 445 cm³/mol. The van der Waals surface area contributed by atoms with E-state index in [-0.39, 0.29) is 20.1 Å². The Labute approximate surface area is 612 Å². The number of nitrogens with zero attached hydrogens (tertiary/aromatic N) is 5. The molecule has 492 valence electrons. The number of hydrogen-bond donors (Lipinski definition) is 0. The fourth-order valence-corrected chi connectivity index (χ4v) is 29.8. The van der Waals surface area contributed by atoms with Crippen molar-refractivity contribution in [1.82, 2.24) is 0 Å². The Kier molecular flexibility index (Phi) is 12.5. The minimum Gasteiger partial charge on any atom is -0.458 e. The molecule has 9 heterocycles. The maximum atomic E-state index is 7.85. The highest BCUT2D eigenvalue weighted by Crippen LogP contribution is 2.52. The van der Waals surface area contributed by atoms with E-state index in [9.17, 15) is 0 Å². The third-order valence-electron chi connectivity index (χ3n) is 24.0. The summed E-state index contributed by atoms with van der Waals surface area (Å²) >= 11 is 3.46. The van der Waals surface area contributed by atoms with Crippen molar-refractivity contribution in [2.24, 2.45) is 0 Å². The van der Waals surface area contributed by atoms with Crippen molar-refractivity contribution in [1.29, 1.82) is 0 Å². The fraction of sp³-hybridized carbons (Fsp3) is 0.0930. The predicted octanol–water partition coefficient (Wildman–Crippen LogP) is 12.9. The molecule has 9 aliphatic heterocycles. The SMILES string of the molecule is CSN1c2cc3c(cc2B2c4cc5c(cc4Oc4cc(N6c7ccccc7[Si](C)(C)c7ccccc76)cc1c42)N(SC)c1cc(N2c4ccccc4[Si](C)(C)c4ccccc42)cc2c1B5c1ccccc1O2)B1c2ccccc2Oc2cc(N4c5ccccc5[Si](C)(C)c5ccccc54)cc(c21)O3. The van der Waals surface area contributed by atoms with Crippen LogP contribution in [0.4, 0.5) is 73.9 Å². The molecule has 0 unspecified atom stereocenters. The fourth-order valence-electron chi connectivity index (χ4n) is 19.4. The zero-order chi connectivity index (χ0) is 68.8. The van der Waals surface area contributed by atoms with Gasteiger partial charge in [0, 0.05) is 88.5 Å². The van der Waals surface area contributed by atoms with E-state index in [2.05, 4.69) is 330 Å². The van der Waals surface area contributed by atoms with Crippen molar-refractivity contribution in [2.45, 2.75) is 39.3 Å². The first kappa shape index (κ1) is 60.2. The molecule has 9 nitrogen and oxygen atoms in total. The van der Waals surface area contributed by atoms with Crippen LogP contribution in [0, 0.1) is 0 Å². The van der Waals surface area contributed by atoms with Gasteiger partial charge >= 0.3 is 0 Å². The first-order valence-electron chi connectivity index (χ1n) is 35.7. The Bertz CT molecular complexity index is 5850. The zero-order valence-electron chi connectivity index (χ0n) is 58.2. The standard InChI is InChI=1S/C86H66B3N5O4S2Si3/c1-99-93-66-49-73-59(47-56(66)87-54-25-9-17-33-70(54)95-74-43-51(41-68(93)84(74)87)90-60-27-11-19-35-78(60)101(3,4)79-36-20-12-28-61(79)90)89-57-48-58-72(50-67(57)94(100-2)69-42-52(44-75(97-73)85(69)89)91-62-29-13-21-37-80(62)102(5,6)81-38-22-14-30-63(81)91)98-77-46-53(45-76-86(77)88(58)55-26-10-18-34-71(55)96-76)92-64-31-15-23-39-82(64)103(7,8)83-40-24-16-32-65(83)92/h9-50H,1-8H3. The lowest BCUT2D eigenvalue weighted by atomic mass is 9.30. The first-order chi connectivity index (χ1) is 50.3. The number of rotatable bonds is 5. The molecule has 103 heavy (non-hydrogen) atoms. The molecule has 0 N–H and O–H groups in total. The highest BCUT2D eigenvalue weighted by atomic mass is 32.2. The number of benzene rings is 13. The van der Waals surface area contributed by atoms with Crippen LogP contribution in [0.5, 0.6) is 46.0 Å². The summed E-state index contributed by atoms with van der Waals surface area (Å²) in [5.41, 5.74) is 24.9. The highest BCUT2D eigenvalue weighted by molar-refractivity contribution is 8.00. The summed E-state index contributed by atoms with van der Waals surface area (Å²) < 4.78 is 34.9. The van der Waals surface area contributed by atoms with Gasteiger partial charge in [-0.25, -0.2) is 0 Å². The van der Waals surface area contributed by atoms with Gasteiger partial charge < -0.3 is 33.6 Å². The Balaban J connectivity index is 0.770. The molecule has 17 heteroatoms. The van der Waals surface area contributed by atoms with Crippen molar-refractivity contribution in [3.63, 3.8) is 0 Å². The normalized spacial score (nSPS) is 16.2.